The van der Waals surface area contributed by atoms with Crippen LogP contribution >= 0.6 is 0 Å². The predicted molar refractivity (Wildman–Crippen MR) is 159 cm³/mol. The Hall–Kier alpha value is -4.51. The lowest BCUT2D eigenvalue weighted by Gasteiger charge is -2.15. The van der Waals surface area contributed by atoms with E-state index in [0.717, 1.165) is 39.4 Å². The van der Waals surface area contributed by atoms with Crippen molar-refractivity contribution in [3.8, 4) is 11.1 Å². The van der Waals surface area contributed by atoms with Gasteiger partial charge in [0.1, 0.15) is 0 Å². The average Bonchev–Trinajstić information content (AvgIpc) is 2.90. The SMILES string of the molecule is C=C(Nc1ccc(NC(=O)c2ccc(N(C)C)cc2)cc1C)c1ccc(-c2ccc(N(C)C)cc2)cc1. The highest BCUT2D eigenvalue weighted by Gasteiger charge is 2.09. The van der Waals surface area contributed by atoms with Crippen LogP contribution in [0, 0.1) is 6.92 Å². The Kier molecular flexibility index (Phi) is 7.63. The normalized spacial score (nSPS) is 10.5. The maximum absolute atomic E-state index is 12.7. The number of nitrogens with one attached hydrogen (secondary N) is 2. The maximum atomic E-state index is 12.7. The molecule has 0 bridgehead atoms. The van der Waals surface area contributed by atoms with E-state index in [0.29, 0.717) is 5.56 Å². The molecule has 0 spiro atoms. The quantitative estimate of drug-likeness (QED) is 0.276. The zero-order valence-corrected chi connectivity index (χ0v) is 22.2. The number of amides is 1. The highest BCUT2D eigenvalue weighted by Crippen LogP contribution is 2.27. The Balaban J connectivity index is 1.39. The van der Waals surface area contributed by atoms with Crippen molar-refractivity contribution < 1.29 is 4.79 Å². The van der Waals surface area contributed by atoms with E-state index in [1.165, 1.54) is 11.3 Å². The van der Waals surface area contributed by atoms with Gasteiger partial charge in [-0.1, -0.05) is 43.0 Å². The summed E-state index contributed by atoms with van der Waals surface area (Å²) in [5, 5.41) is 6.40. The third-order valence-corrected chi connectivity index (χ3v) is 6.37. The summed E-state index contributed by atoms with van der Waals surface area (Å²) < 4.78 is 0. The molecule has 5 heteroatoms. The van der Waals surface area contributed by atoms with Crippen molar-refractivity contribution in [3.05, 3.63) is 114 Å². The van der Waals surface area contributed by atoms with Gasteiger partial charge in [-0.25, -0.2) is 0 Å². The van der Waals surface area contributed by atoms with Crippen molar-refractivity contribution in [2.45, 2.75) is 6.92 Å². The van der Waals surface area contributed by atoms with Gasteiger partial charge in [0.15, 0.2) is 0 Å². The third kappa shape index (κ3) is 6.19. The summed E-state index contributed by atoms with van der Waals surface area (Å²) in [5.41, 5.74) is 9.74. The first-order chi connectivity index (χ1) is 17.7. The molecule has 4 rings (SSSR count). The van der Waals surface area contributed by atoms with Gasteiger partial charge >= 0.3 is 0 Å². The molecule has 0 aliphatic heterocycles. The molecule has 0 heterocycles. The summed E-state index contributed by atoms with van der Waals surface area (Å²) in [4.78, 5) is 16.8. The minimum absolute atomic E-state index is 0.133. The van der Waals surface area contributed by atoms with Crippen molar-refractivity contribution in [1.82, 2.24) is 0 Å². The molecule has 0 saturated carbocycles. The van der Waals surface area contributed by atoms with Crippen molar-refractivity contribution >= 4 is 34.4 Å². The highest BCUT2D eigenvalue weighted by atomic mass is 16.1. The largest absolute Gasteiger partial charge is 0.378 e. The molecular formula is C32H34N4O. The Morgan fingerprint density at radius 1 is 0.649 bits per heavy atom. The number of benzene rings is 4. The second-order valence-electron chi connectivity index (χ2n) is 9.55. The molecular weight excluding hydrogens is 456 g/mol. The number of aryl methyl sites for hydroxylation is 1. The molecule has 2 N–H and O–H groups in total. The Morgan fingerprint density at radius 2 is 1.14 bits per heavy atom. The first kappa shape index (κ1) is 25.6. The molecule has 5 nitrogen and oxygen atoms in total. The molecule has 0 aromatic heterocycles. The van der Waals surface area contributed by atoms with E-state index in [1.54, 1.807) is 0 Å². The van der Waals surface area contributed by atoms with E-state index in [-0.39, 0.29) is 5.91 Å². The van der Waals surface area contributed by atoms with Gasteiger partial charge in [0.2, 0.25) is 0 Å². The van der Waals surface area contributed by atoms with Crippen LogP contribution in [-0.4, -0.2) is 34.1 Å². The van der Waals surface area contributed by atoms with Crippen molar-refractivity contribution in [3.63, 3.8) is 0 Å². The summed E-state index contributed by atoms with van der Waals surface area (Å²) in [6, 6.07) is 30.3. The van der Waals surface area contributed by atoms with Crippen LogP contribution in [0.1, 0.15) is 21.5 Å². The zero-order valence-electron chi connectivity index (χ0n) is 22.2. The van der Waals surface area contributed by atoms with Gasteiger partial charge in [-0.05, 0) is 83.8 Å². The van der Waals surface area contributed by atoms with Gasteiger partial charge in [-0.15, -0.1) is 0 Å². The zero-order chi connectivity index (χ0) is 26.5. The molecule has 0 atom stereocenters. The molecule has 1 amide bonds. The summed E-state index contributed by atoms with van der Waals surface area (Å²) in [6.45, 7) is 6.25. The number of rotatable bonds is 8. The molecule has 0 saturated heterocycles. The van der Waals surface area contributed by atoms with Gasteiger partial charge in [0.25, 0.3) is 5.91 Å². The van der Waals surface area contributed by atoms with E-state index >= 15 is 0 Å². The molecule has 0 aliphatic rings. The molecule has 4 aromatic rings. The number of nitrogens with zero attached hydrogens (tertiary/aromatic N) is 2. The van der Waals surface area contributed by atoms with Gasteiger partial charge < -0.3 is 20.4 Å². The molecule has 0 radical (unpaired) electrons. The first-order valence-corrected chi connectivity index (χ1v) is 12.2. The number of hydrogen-bond donors (Lipinski definition) is 2. The number of carbonyl (C=O) groups is 1. The van der Waals surface area contributed by atoms with E-state index < -0.39 is 0 Å². The fourth-order valence-corrected chi connectivity index (χ4v) is 4.05. The van der Waals surface area contributed by atoms with Crippen molar-refractivity contribution in [2.24, 2.45) is 0 Å². The Morgan fingerprint density at radius 3 is 1.65 bits per heavy atom. The summed E-state index contributed by atoms with van der Waals surface area (Å²) in [5.74, 6) is -0.133. The van der Waals surface area contributed by atoms with Crippen LogP contribution in [0.2, 0.25) is 0 Å². The van der Waals surface area contributed by atoms with Crippen LogP contribution in [0.4, 0.5) is 22.7 Å². The Bertz CT molecular complexity index is 1390. The maximum Gasteiger partial charge on any atom is 0.255 e. The summed E-state index contributed by atoms with van der Waals surface area (Å²) in [7, 11) is 8.03. The summed E-state index contributed by atoms with van der Waals surface area (Å²) >= 11 is 0. The summed E-state index contributed by atoms with van der Waals surface area (Å²) in [6.07, 6.45) is 0. The van der Waals surface area contributed by atoms with Gasteiger partial charge in [-0.3, -0.25) is 4.79 Å². The lowest BCUT2D eigenvalue weighted by molar-refractivity contribution is 0.102. The number of carbonyl (C=O) groups excluding carboxylic acids is 1. The Labute approximate surface area is 220 Å². The monoisotopic (exact) mass is 490 g/mol. The van der Waals surface area contributed by atoms with Crippen LogP contribution in [0.5, 0.6) is 0 Å². The van der Waals surface area contributed by atoms with Crippen LogP contribution in [0.3, 0.4) is 0 Å². The second kappa shape index (κ2) is 11.0. The molecule has 0 aliphatic carbocycles. The predicted octanol–water partition coefficient (Wildman–Crippen LogP) is 7.13. The van der Waals surface area contributed by atoms with Crippen LogP contribution in [-0.2, 0) is 0 Å². The van der Waals surface area contributed by atoms with Crippen molar-refractivity contribution in [1.29, 1.82) is 0 Å². The van der Waals surface area contributed by atoms with E-state index in [2.05, 4.69) is 70.6 Å². The third-order valence-electron chi connectivity index (χ3n) is 6.37. The lowest BCUT2D eigenvalue weighted by Crippen LogP contribution is -2.13. The van der Waals surface area contributed by atoms with Crippen LogP contribution in [0.15, 0.2) is 97.6 Å². The van der Waals surface area contributed by atoms with E-state index in [4.69, 9.17) is 0 Å². The molecule has 188 valence electrons. The number of anilines is 4. The second-order valence-corrected chi connectivity index (χ2v) is 9.55. The fraction of sp³-hybridized carbons (Fsp3) is 0.156. The topological polar surface area (TPSA) is 47.6 Å². The standard InChI is InChI=1S/C32H34N4O/c1-22-21-28(34-32(37)27-13-18-30(19-14-27)36(5)6)15-20-31(22)33-23(2)24-7-9-25(10-8-24)26-11-16-29(17-12-26)35(3)4/h7-21,33H,2H2,1,3-6H3,(H,34,37). The lowest BCUT2D eigenvalue weighted by atomic mass is 10.0. The fourth-order valence-electron chi connectivity index (χ4n) is 4.05. The molecule has 0 unspecified atom stereocenters. The van der Waals surface area contributed by atoms with Crippen LogP contribution < -0.4 is 20.4 Å². The van der Waals surface area contributed by atoms with E-state index in [1.807, 2.05) is 82.5 Å². The highest BCUT2D eigenvalue weighted by molar-refractivity contribution is 6.04. The molecule has 4 aromatic carbocycles. The van der Waals surface area contributed by atoms with Crippen LogP contribution in [0.25, 0.3) is 16.8 Å². The van der Waals surface area contributed by atoms with Gasteiger partial charge in [-0.2, -0.15) is 0 Å². The smallest absolute Gasteiger partial charge is 0.255 e. The van der Waals surface area contributed by atoms with Gasteiger partial charge in [0.05, 0.1) is 0 Å². The molecule has 37 heavy (non-hydrogen) atoms. The average molecular weight is 491 g/mol. The van der Waals surface area contributed by atoms with Crippen molar-refractivity contribution in [2.75, 3.05) is 48.6 Å². The minimum atomic E-state index is -0.133. The van der Waals surface area contributed by atoms with Gasteiger partial charge in [0, 0.05) is 62.2 Å². The molecule has 0 fully saturated rings. The minimum Gasteiger partial charge on any atom is -0.378 e. The first-order valence-electron chi connectivity index (χ1n) is 12.2. The number of hydrogen-bond acceptors (Lipinski definition) is 4. The van der Waals surface area contributed by atoms with E-state index in [9.17, 15) is 4.79 Å².